The fourth-order valence-corrected chi connectivity index (χ4v) is 2.48. The van der Waals surface area contributed by atoms with E-state index in [1.165, 1.54) is 0 Å². The zero-order valence-electron chi connectivity index (χ0n) is 13.3. The van der Waals surface area contributed by atoms with Gasteiger partial charge in [0.1, 0.15) is 11.7 Å². The third-order valence-electron chi connectivity index (χ3n) is 3.06. The molecule has 2 aromatic rings. The number of aliphatic hydroxyl groups is 1. The van der Waals surface area contributed by atoms with Crippen molar-refractivity contribution in [2.24, 2.45) is 0 Å². The third kappa shape index (κ3) is 5.08. The van der Waals surface area contributed by atoms with Crippen LogP contribution in [0.15, 0.2) is 53.0 Å². The molecular formula is C18H20BrNO3. The topological polar surface area (TPSA) is 58.6 Å². The minimum atomic E-state index is -0.848. The summed E-state index contributed by atoms with van der Waals surface area (Å²) in [5, 5.41) is 13.3. The van der Waals surface area contributed by atoms with Crippen molar-refractivity contribution < 1.29 is 14.6 Å². The molecule has 1 atom stereocenters. The maximum absolute atomic E-state index is 12.0. The standard InChI is InChI=1S/C18H20BrNO3/c1-18(2,3)23-17(22)20-15-10-9-13(19)11-14(15)16(21)12-7-5-4-6-8-12/h4-11,16,21H,1-3H3,(H,20,22). The number of nitrogens with one attached hydrogen (secondary N) is 1. The van der Waals surface area contributed by atoms with E-state index >= 15 is 0 Å². The van der Waals surface area contributed by atoms with Crippen LogP contribution < -0.4 is 5.32 Å². The van der Waals surface area contributed by atoms with Gasteiger partial charge in [-0.05, 0) is 44.5 Å². The van der Waals surface area contributed by atoms with Crippen LogP contribution in [0.4, 0.5) is 10.5 Å². The molecule has 2 aromatic carbocycles. The second-order valence-corrected chi connectivity index (χ2v) is 7.09. The molecule has 0 aliphatic carbocycles. The molecule has 4 nitrogen and oxygen atoms in total. The van der Waals surface area contributed by atoms with Gasteiger partial charge in [-0.15, -0.1) is 0 Å². The Morgan fingerprint density at radius 2 is 1.83 bits per heavy atom. The Morgan fingerprint density at radius 3 is 2.43 bits per heavy atom. The van der Waals surface area contributed by atoms with Crippen molar-refractivity contribution in [3.8, 4) is 0 Å². The summed E-state index contributed by atoms with van der Waals surface area (Å²) in [5.74, 6) is 0. The van der Waals surface area contributed by atoms with Gasteiger partial charge >= 0.3 is 6.09 Å². The molecule has 2 rings (SSSR count). The Morgan fingerprint density at radius 1 is 1.17 bits per heavy atom. The number of aliphatic hydroxyl groups excluding tert-OH is 1. The first-order valence-electron chi connectivity index (χ1n) is 7.29. The summed E-state index contributed by atoms with van der Waals surface area (Å²) in [6, 6.07) is 14.6. The molecule has 1 amide bonds. The van der Waals surface area contributed by atoms with E-state index < -0.39 is 17.8 Å². The molecule has 1 unspecified atom stereocenters. The minimum absolute atomic E-state index is 0.513. The summed E-state index contributed by atoms with van der Waals surface area (Å²) >= 11 is 3.40. The highest BCUT2D eigenvalue weighted by molar-refractivity contribution is 9.10. The van der Waals surface area contributed by atoms with Crippen LogP contribution in [0.3, 0.4) is 0 Å². The number of ether oxygens (including phenoxy) is 1. The molecule has 2 N–H and O–H groups in total. The minimum Gasteiger partial charge on any atom is -0.444 e. The van der Waals surface area contributed by atoms with Gasteiger partial charge < -0.3 is 9.84 Å². The quantitative estimate of drug-likeness (QED) is 0.801. The lowest BCUT2D eigenvalue weighted by Gasteiger charge is -2.21. The average Bonchev–Trinajstić information content (AvgIpc) is 2.47. The Bertz CT molecular complexity index is 680. The molecule has 0 aromatic heterocycles. The number of benzene rings is 2. The summed E-state index contributed by atoms with van der Waals surface area (Å²) in [6.07, 6.45) is -1.40. The summed E-state index contributed by atoms with van der Waals surface area (Å²) < 4.78 is 6.09. The predicted octanol–water partition coefficient (Wildman–Crippen LogP) is 4.88. The van der Waals surface area contributed by atoms with Crippen LogP contribution in [0.1, 0.15) is 38.0 Å². The van der Waals surface area contributed by atoms with Crippen LogP contribution in [0.5, 0.6) is 0 Å². The average molecular weight is 378 g/mol. The van der Waals surface area contributed by atoms with Crippen LogP contribution in [0.2, 0.25) is 0 Å². The Hall–Kier alpha value is -1.85. The van der Waals surface area contributed by atoms with E-state index in [9.17, 15) is 9.90 Å². The molecule has 122 valence electrons. The second kappa shape index (κ2) is 7.15. The lowest BCUT2D eigenvalue weighted by atomic mass is 10.00. The van der Waals surface area contributed by atoms with E-state index in [4.69, 9.17) is 4.74 Å². The van der Waals surface area contributed by atoms with Gasteiger partial charge in [-0.1, -0.05) is 46.3 Å². The fourth-order valence-electron chi connectivity index (χ4n) is 2.10. The molecular weight excluding hydrogens is 358 g/mol. The number of halogens is 1. The van der Waals surface area contributed by atoms with Gasteiger partial charge in [0.2, 0.25) is 0 Å². The number of amides is 1. The van der Waals surface area contributed by atoms with Crippen LogP contribution in [-0.4, -0.2) is 16.8 Å². The monoisotopic (exact) mass is 377 g/mol. The summed E-state index contributed by atoms with van der Waals surface area (Å²) in [4.78, 5) is 12.0. The number of rotatable bonds is 3. The van der Waals surface area contributed by atoms with E-state index in [1.54, 1.807) is 39.0 Å². The van der Waals surface area contributed by atoms with Crippen molar-refractivity contribution in [2.45, 2.75) is 32.5 Å². The Kier molecular flexibility index (Phi) is 5.44. The SMILES string of the molecule is CC(C)(C)OC(=O)Nc1ccc(Br)cc1C(O)c1ccccc1. The largest absolute Gasteiger partial charge is 0.444 e. The van der Waals surface area contributed by atoms with Crippen molar-refractivity contribution in [1.82, 2.24) is 0 Å². The number of carbonyl (C=O) groups is 1. The molecule has 0 radical (unpaired) electrons. The van der Waals surface area contributed by atoms with E-state index in [0.717, 1.165) is 10.0 Å². The zero-order valence-corrected chi connectivity index (χ0v) is 14.9. The first kappa shape index (κ1) is 17.5. The van der Waals surface area contributed by atoms with Gasteiger partial charge in [-0.3, -0.25) is 5.32 Å². The molecule has 0 fully saturated rings. The molecule has 0 saturated carbocycles. The van der Waals surface area contributed by atoms with E-state index in [0.29, 0.717) is 11.3 Å². The van der Waals surface area contributed by atoms with Crippen LogP contribution in [0.25, 0.3) is 0 Å². The van der Waals surface area contributed by atoms with Crippen molar-refractivity contribution in [2.75, 3.05) is 5.32 Å². The van der Waals surface area contributed by atoms with Gasteiger partial charge in [-0.2, -0.15) is 0 Å². The normalized spacial score (nSPS) is 12.6. The van der Waals surface area contributed by atoms with E-state index in [2.05, 4.69) is 21.2 Å². The summed E-state index contributed by atoms with van der Waals surface area (Å²) in [6.45, 7) is 5.40. The van der Waals surface area contributed by atoms with Crippen LogP contribution >= 0.6 is 15.9 Å². The lowest BCUT2D eigenvalue weighted by molar-refractivity contribution is 0.0635. The first-order valence-corrected chi connectivity index (χ1v) is 8.08. The fraction of sp³-hybridized carbons (Fsp3) is 0.278. The number of carbonyl (C=O) groups excluding carboxylic acids is 1. The third-order valence-corrected chi connectivity index (χ3v) is 3.55. The molecule has 0 heterocycles. The second-order valence-electron chi connectivity index (χ2n) is 6.17. The van der Waals surface area contributed by atoms with Gasteiger partial charge in [0.05, 0.1) is 5.69 Å². The van der Waals surface area contributed by atoms with Crippen LogP contribution in [-0.2, 0) is 4.74 Å². The maximum Gasteiger partial charge on any atom is 0.412 e. The molecule has 0 aliphatic heterocycles. The van der Waals surface area contributed by atoms with Gasteiger partial charge in [0, 0.05) is 10.0 Å². The number of hydrogen-bond donors (Lipinski definition) is 2. The van der Waals surface area contributed by atoms with Gasteiger partial charge in [0.25, 0.3) is 0 Å². The van der Waals surface area contributed by atoms with E-state index in [1.807, 2.05) is 30.3 Å². The predicted molar refractivity (Wildman–Crippen MR) is 94.5 cm³/mol. The number of anilines is 1. The van der Waals surface area contributed by atoms with Gasteiger partial charge in [0.15, 0.2) is 0 Å². The van der Waals surface area contributed by atoms with Crippen LogP contribution in [0, 0.1) is 0 Å². The summed E-state index contributed by atoms with van der Waals surface area (Å²) in [5.41, 5.74) is 1.27. The molecule has 23 heavy (non-hydrogen) atoms. The van der Waals surface area contributed by atoms with Crippen molar-refractivity contribution in [3.05, 3.63) is 64.1 Å². The van der Waals surface area contributed by atoms with Crippen molar-refractivity contribution in [3.63, 3.8) is 0 Å². The van der Waals surface area contributed by atoms with Gasteiger partial charge in [-0.25, -0.2) is 4.79 Å². The summed E-state index contributed by atoms with van der Waals surface area (Å²) in [7, 11) is 0. The molecule has 0 spiro atoms. The smallest absolute Gasteiger partial charge is 0.412 e. The highest BCUT2D eigenvalue weighted by atomic mass is 79.9. The Balaban J connectivity index is 2.29. The van der Waals surface area contributed by atoms with Crippen molar-refractivity contribution >= 4 is 27.7 Å². The lowest BCUT2D eigenvalue weighted by Crippen LogP contribution is -2.27. The highest BCUT2D eigenvalue weighted by Gasteiger charge is 2.20. The molecule has 0 bridgehead atoms. The maximum atomic E-state index is 12.0. The van der Waals surface area contributed by atoms with E-state index in [-0.39, 0.29) is 0 Å². The first-order chi connectivity index (χ1) is 10.8. The Labute approximate surface area is 144 Å². The molecule has 5 heteroatoms. The highest BCUT2D eigenvalue weighted by Crippen LogP contribution is 2.31. The molecule has 0 saturated heterocycles. The zero-order chi connectivity index (χ0) is 17.0. The number of hydrogen-bond acceptors (Lipinski definition) is 3. The molecule has 0 aliphatic rings. The van der Waals surface area contributed by atoms with Crippen molar-refractivity contribution in [1.29, 1.82) is 0 Å².